The van der Waals surface area contributed by atoms with Crippen LogP contribution >= 0.6 is 0 Å². The van der Waals surface area contributed by atoms with Gasteiger partial charge in [-0.2, -0.15) is 0 Å². The van der Waals surface area contributed by atoms with Crippen molar-refractivity contribution in [3.05, 3.63) is 71.8 Å². The Balaban J connectivity index is 1.71. The molecule has 0 N–H and O–H groups in total. The summed E-state index contributed by atoms with van der Waals surface area (Å²) in [6.45, 7) is 0. The van der Waals surface area contributed by atoms with Crippen LogP contribution in [0.4, 0.5) is 0 Å². The van der Waals surface area contributed by atoms with Crippen LogP contribution < -0.4 is 0 Å². The molecule has 3 heteroatoms. The number of carbonyl (C=O) groups excluding carboxylic acids is 1. The zero-order valence-electron chi connectivity index (χ0n) is 15.8. The molecule has 138 valence electrons. The molecule has 0 unspecified atom stereocenters. The molecule has 0 aromatic heterocycles. The Morgan fingerprint density at radius 3 is 2.27 bits per heavy atom. The van der Waals surface area contributed by atoms with Gasteiger partial charge >= 0.3 is 5.97 Å². The van der Waals surface area contributed by atoms with E-state index in [9.17, 15) is 4.79 Å². The second-order valence-corrected chi connectivity index (χ2v) is 7.45. The predicted octanol–water partition coefficient (Wildman–Crippen LogP) is 4.43. The van der Waals surface area contributed by atoms with Crippen LogP contribution in [0, 0.1) is 0 Å². The average molecular weight is 351 g/mol. The van der Waals surface area contributed by atoms with E-state index in [1.807, 2.05) is 43.3 Å². The highest BCUT2D eigenvalue weighted by Gasteiger charge is 2.32. The van der Waals surface area contributed by atoms with Crippen molar-refractivity contribution in [2.75, 3.05) is 14.1 Å². The summed E-state index contributed by atoms with van der Waals surface area (Å²) >= 11 is 0. The molecule has 3 rings (SSSR count). The quantitative estimate of drug-likeness (QED) is 0.721. The molecule has 2 aromatic carbocycles. The summed E-state index contributed by atoms with van der Waals surface area (Å²) in [5.74, 6) is 0.208. The van der Waals surface area contributed by atoms with Crippen molar-refractivity contribution < 1.29 is 9.53 Å². The molecule has 0 spiro atoms. The molecule has 2 aromatic rings. The Morgan fingerprint density at radius 2 is 1.62 bits per heavy atom. The third-order valence-electron chi connectivity index (χ3n) is 5.37. The molecule has 0 amide bonds. The summed E-state index contributed by atoms with van der Waals surface area (Å²) in [6, 6.07) is 20.4. The van der Waals surface area contributed by atoms with E-state index >= 15 is 0 Å². The maximum atomic E-state index is 13.0. The minimum Gasteiger partial charge on any atom is -0.461 e. The van der Waals surface area contributed by atoms with E-state index in [-0.39, 0.29) is 18.1 Å². The van der Waals surface area contributed by atoms with Gasteiger partial charge in [-0.15, -0.1) is 0 Å². The van der Waals surface area contributed by atoms with E-state index in [0.29, 0.717) is 12.3 Å². The molecule has 26 heavy (non-hydrogen) atoms. The van der Waals surface area contributed by atoms with Crippen molar-refractivity contribution in [2.24, 2.45) is 0 Å². The van der Waals surface area contributed by atoms with E-state index < -0.39 is 0 Å². The fourth-order valence-electron chi connectivity index (χ4n) is 3.86. The van der Waals surface area contributed by atoms with E-state index in [0.717, 1.165) is 24.8 Å². The van der Waals surface area contributed by atoms with E-state index in [1.165, 1.54) is 12.0 Å². The minimum absolute atomic E-state index is 0.0168. The summed E-state index contributed by atoms with van der Waals surface area (Å²) in [6.07, 6.45) is 5.04. The van der Waals surface area contributed by atoms with Gasteiger partial charge in [-0.3, -0.25) is 9.69 Å². The van der Waals surface area contributed by atoms with Crippen LogP contribution in [0.25, 0.3) is 0 Å². The molecule has 0 heterocycles. The fourth-order valence-corrected chi connectivity index (χ4v) is 3.86. The molecule has 0 radical (unpaired) electrons. The molecule has 0 aliphatic heterocycles. The van der Waals surface area contributed by atoms with Crippen LogP contribution in [0.3, 0.4) is 0 Å². The van der Waals surface area contributed by atoms with E-state index in [1.54, 1.807) is 0 Å². The first-order chi connectivity index (χ1) is 12.6. The van der Waals surface area contributed by atoms with Crippen molar-refractivity contribution >= 4 is 5.97 Å². The summed E-state index contributed by atoms with van der Waals surface area (Å²) in [5.41, 5.74) is 2.45. The lowest BCUT2D eigenvalue weighted by atomic mass is 9.81. The van der Waals surface area contributed by atoms with Gasteiger partial charge < -0.3 is 4.74 Å². The summed E-state index contributed by atoms with van der Waals surface area (Å²) in [4.78, 5) is 14.9. The van der Waals surface area contributed by atoms with Crippen molar-refractivity contribution in [1.82, 2.24) is 4.90 Å². The Bertz CT molecular complexity index is 684. The molecule has 0 bridgehead atoms. The number of nitrogens with zero attached hydrogens (tertiary/aromatic N) is 1. The van der Waals surface area contributed by atoms with Crippen LogP contribution in [-0.4, -0.2) is 37.1 Å². The van der Waals surface area contributed by atoms with Gasteiger partial charge in [-0.1, -0.05) is 67.1 Å². The van der Waals surface area contributed by atoms with E-state index in [4.69, 9.17) is 4.74 Å². The number of rotatable bonds is 6. The van der Waals surface area contributed by atoms with Crippen LogP contribution in [0.15, 0.2) is 60.7 Å². The molecule has 3 nitrogen and oxygen atoms in total. The highest BCUT2D eigenvalue weighted by Crippen LogP contribution is 2.35. The first-order valence-electron chi connectivity index (χ1n) is 9.61. The van der Waals surface area contributed by atoms with Crippen LogP contribution in [0.1, 0.15) is 42.7 Å². The summed E-state index contributed by atoms with van der Waals surface area (Å²) in [7, 11) is 3.90. The van der Waals surface area contributed by atoms with Gasteiger partial charge in [-0.05, 0) is 50.9 Å². The molecule has 1 aliphatic carbocycles. The molecule has 1 aliphatic rings. The molecule has 3 atom stereocenters. The SMILES string of the molecule is CN(C)[C@H](Cc1ccccc1)C(=O)O[C@H]1CCCC[C@@H]1c1ccccc1. The highest BCUT2D eigenvalue weighted by atomic mass is 16.5. The standard InChI is InChI=1S/C23H29NO2/c1-24(2)21(17-18-11-5-3-6-12-18)23(25)26-22-16-10-9-15-20(22)19-13-7-4-8-14-19/h3-8,11-14,20-22H,9-10,15-17H2,1-2H3/t20-,21-,22+/m1/s1. The molecular weight excluding hydrogens is 322 g/mol. The predicted molar refractivity (Wildman–Crippen MR) is 105 cm³/mol. The Kier molecular flexibility index (Phi) is 6.45. The molecular formula is C23H29NO2. The minimum atomic E-state index is -0.254. The van der Waals surface area contributed by atoms with Gasteiger partial charge in [0.2, 0.25) is 0 Å². The number of hydrogen-bond acceptors (Lipinski definition) is 3. The lowest BCUT2D eigenvalue weighted by molar-refractivity contribution is -0.157. The maximum absolute atomic E-state index is 13.0. The van der Waals surface area contributed by atoms with Crippen LogP contribution in [0.2, 0.25) is 0 Å². The Hall–Kier alpha value is -2.13. The first kappa shape index (κ1) is 18.7. The molecule has 0 saturated heterocycles. The topological polar surface area (TPSA) is 29.5 Å². The average Bonchev–Trinajstić information content (AvgIpc) is 2.68. The number of ether oxygens (including phenoxy) is 1. The lowest BCUT2D eigenvalue weighted by Gasteiger charge is -2.33. The number of benzene rings is 2. The maximum Gasteiger partial charge on any atom is 0.323 e. The monoisotopic (exact) mass is 351 g/mol. The third kappa shape index (κ3) is 4.73. The lowest BCUT2D eigenvalue weighted by Crippen LogP contribution is -2.42. The summed E-state index contributed by atoms with van der Waals surface area (Å²) < 4.78 is 6.07. The van der Waals surface area contributed by atoms with Crippen molar-refractivity contribution in [3.63, 3.8) is 0 Å². The second kappa shape index (κ2) is 9.00. The van der Waals surface area contributed by atoms with Crippen molar-refractivity contribution in [2.45, 2.75) is 50.2 Å². The highest BCUT2D eigenvalue weighted by molar-refractivity contribution is 5.76. The normalized spacial score (nSPS) is 21.3. The number of likely N-dealkylation sites (N-methyl/N-ethyl adjacent to an activating group) is 1. The zero-order valence-corrected chi connectivity index (χ0v) is 15.8. The largest absolute Gasteiger partial charge is 0.461 e. The van der Waals surface area contributed by atoms with Crippen LogP contribution in [-0.2, 0) is 16.0 Å². The van der Waals surface area contributed by atoms with Gasteiger partial charge in [0.15, 0.2) is 0 Å². The fraction of sp³-hybridized carbons (Fsp3) is 0.435. The van der Waals surface area contributed by atoms with Crippen LogP contribution in [0.5, 0.6) is 0 Å². The van der Waals surface area contributed by atoms with Gasteiger partial charge in [0, 0.05) is 5.92 Å². The van der Waals surface area contributed by atoms with Gasteiger partial charge in [0.1, 0.15) is 12.1 Å². The van der Waals surface area contributed by atoms with Gasteiger partial charge in [-0.25, -0.2) is 0 Å². The Labute approximate surface area is 157 Å². The third-order valence-corrected chi connectivity index (χ3v) is 5.37. The van der Waals surface area contributed by atoms with Crippen molar-refractivity contribution in [3.8, 4) is 0 Å². The zero-order chi connectivity index (χ0) is 18.4. The first-order valence-corrected chi connectivity index (χ1v) is 9.61. The smallest absolute Gasteiger partial charge is 0.323 e. The number of carbonyl (C=O) groups is 1. The number of esters is 1. The Morgan fingerprint density at radius 1 is 1.00 bits per heavy atom. The second-order valence-electron chi connectivity index (χ2n) is 7.45. The van der Waals surface area contributed by atoms with E-state index in [2.05, 4.69) is 36.4 Å². The number of hydrogen-bond donors (Lipinski definition) is 0. The molecule has 1 saturated carbocycles. The van der Waals surface area contributed by atoms with Gasteiger partial charge in [0.25, 0.3) is 0 Å². The summed E-state index contributed by atoms with van der Waals surface area (Å²) in [5, 5.41) is 0. The van der Waals surface area contributed by atoms with Gasteiger partial charge in [0.05, 0.1) is 0 Å². The molecule has 1 fully saturated rings. The van der Waals surface area contributed by atoms with Crippen molar-refractivity contribution in [1.29, 1.82) is 0 Å².